The minimum Gasteiger partial charge on any atom is -0.481 e. The van der Waals surface area contributed by atoms with Crippen molar-refractivity contribution < 1.29 is 33.1 Å². The number of carbonyl (C=O) groups excluding carboxylic acids is 3. The van der Waals surface area contributed by atoms with Crippen LogP contribution < -0.4 is 5.32 Å². The summed E-state index contributed by atoms with van der Waals surface area (Å²) in [6.07, 6.45) is -0.440. The molecule has 0 radical (unpaired) electrons. The molecule has 4 rings (SSSR count). The average molecular weight is 571 g/mol. The zero-order chi connectivity index (χ0) is 29.0. The first kappa shape index (κ1) is 28.6. The number of carbonyl (C=O) groups is 4. The monoisotopic (exact) mass is 570 g/mol. The maximum atomic E-state index is 14.0. The predicted octanol–water partition coefficient (Wildman–Crippen LogP) is 3.97. The molecule has 3 aromatic rings. The number of hydrogen-bond donors (Lipinski definition) is 2. The van der Waals surface area contributed by atoms with Crippen molar-refractivity contribution in [3.63, 3.8) is 0 Å². The number of aliphatic carboxylic acids is 1. The number of halogens is 3. The van der Waals surface area contributed by atoms with Crippen molar-refractivity contribution in [3.05, 3.63) is 99.8 Å². The molecule has 1 aliphatic rings. The largest absolute Gasteiger partial charge is 0.481 e. The second-order valence-electron chi connectivity index (χ2n) is 9.30. The predicted molar refractivity (Wildman–Crippen MR) is 140 cm³/mol. The molecule has 2 heterocycles. The van der Waals surface area contributed by atoms with E-state index in [9.17, 15) is 33.1 Å². The zero-order valence-electron chi connectivity index (χ0n) is 21.3. The number of pyridine rings is 1. The molecule has 0 saturated carbocycles. The summed E-state index contributed by atoms with van der Waals surface area (Å²) in [6, 6.07) is 11.0. The van der Waals surface area contributed by atoms with Crippen LogP contribution in [0.3, 0.4) is 0 Å². The van der Waals surface area contributed by atoms with E-state index in [2.05, 4.69) is 10.3 Å². The van der Waals surface area contributed by atoms with Crippen LogP contribution in [0.15, 0.2) is 60.8 Å². The zero-order valence-corrected chi connectivity index (χ0v) is 22.1. The molecule has 0 spiro atoms. The minimum absolute atomic E-state index is 0.0196. The van der Waals surface area contributed by atoms with Crippen molar-refractivity contribution in [2.75, 3.05) is 13.1 Å². The number of carboxylic acid groups (broad SMARTS) is 1. The molecule has 12 heteroatoms. The van der Waals surface area contributed by atoms with Crippen molar-refractivity contribution in [2.45, 2.75) is 32.0 Å². The average Bonchev–Trinajstić information content (AvgIpc) is 2.91. The van der Waals surface area contributed by atoms with Gasteiger partial charge in [-0.1, -0.05) is 41.4 Å². The molecule has 1 saturated heterocycles. The summed E-state index contributed by atoms with van der Waals surface area (Å²) in [5.74, 6) is -5.61. The van der Waals surface area contributed by atoms with Gasteiger partial charge in [-0.2, -0.15) is 0 Å². The van der Waals surface area contributed by atoms with Gasteiger partial charge in [-0.05, 0) is 43.2 Å². The summed E-state index contributed by atoms with van der Waals surface area (Å²) in [6.45, 7) is 1.83. The lowest BCUT2D eigenvalue weighted by Gasteiger charge is -2.43. The molecule has 3 amide bonds. The SMILES string of the molecule is Cc1cccc(C(CC(=O)O)NC(=O)C2N(C(=O)c3cc(F)cc(F)c3)CCCN2C(=O)c2cccnc2Cl)c1. The first-order valence-corrected chi connectivity index (χ1v) is 12.7. The molecule has 40 heavy (non-hydrogen) atoms. The summed E-state index contributed by atoms with van der Waals surface area (Å²) in [4.78, 5) is 58.7. The normalized spacial score (nSPS) is 15.8. The molecule has 9 nitrogen and oxygen atoms in total. The van der Waals surface area contributed by atoms with E-state index in [1.807, 2.05) is 0 Å². The molecule has 1 aromatic heterocycles. The molecule has 1 fully saturated rings. The summed E-state index contributed by atoms with van der Waals surface area (Å²) in [5, 5.41) is 12.1. The standard InChI is InChI=1S/C28H25ClF2N4O5/c1-16-5-2-6-17(11-16)22(15-23(36)37)33-25(38)26-34(27(39)18-12-19(30)14-20(31)13-18)9-4-10-35(26)28(40)21-7-3-8-32-24(21)29/h2-3,5-8,11-14,22,26H,4,9-10,15H2,1H3,(H,33,38)(H,36,37). The number of nitrogens with one attached hydrogen (secondary N) is 1. The second kappa shape index (κ2) is 12.2. The third kappa shape index (κ3) is 6.42. The van der Waals surface area contributed by atoms with Crippen LogP contribution in [0.4, 0.5) is 8.78 Å². The van der Waals surface area contributed by atoms with Crippen LogP contribution >= 0.6 is 11.6 Å². The van der Waals surface area contributed by atoms with E-state index in [0.29, 0.717) is 11.6 Å². The van der Waals surface area contributed by atoms with E-state index in [1.54, 1.807) is 31.2 Å². The lowest BCUT2D eigenvalue weighted by Crippen LogP contribution is -2.63. The molecule has 0 aliphatic carbocycles. The molecule has 208 valence electrons. The van der Waals surface area contributed by atoms with Gasteiger partial charge in [0.15, 0.2) is 6.17 Å². The Morgan fingerprint density at radius 1 is 1.02 bits per heavy atom. The number of aromatic nitrogens is 1. The third-order valence-corrected chi connectivity index (χ3v) is 6.68. The van der Waals surface area contributed by atoms with Gasteiger partial charge in [-0.15, -0.1) is 0 Å². The number of aryl methyl sites for hydroxylation is 1. The molecule has 2 N–H and O–H groups in total. The van der Waals surface area contributed by atoms with Gasteiger partial charge in [0.25, 0.3) is 17.7 Å². The van der Waals surface area contributed by atoms with Gasteiger partial charge in [0.05, 0.1) is 18.0 Å². The Hall–Kier alpha value is -4.38. The number of amides is 3. The van der Waals surface area contributed by atoms with E-state index in [-0.39, 0.29) is 35.8 Å². The van der Waals surface area contributed by atoms with Crippen molar-refractivity contribution >= 4 is 35.3 Å². The van der Waals surface area contributed by atoms with E-state index in [4.69, 9.17) is 11.6 Å². The van der Waals surface area contributed by atoms with Crippen molar-refractivity contribution in [1.82, 2.24) is 20.1 Å². The highest BCUT2D eigenvalue weighted by molar-refractivity contribution is 6.32. The Kier molecular flexibility index (Phi) is 8.73. The third-order valence-electron chi connectivity index (χ3n) is 6.38. The lowest BCUT2D eigenvalue weighted by molar-refractivity contribution is -0.138. The number of nitrogens with zero attached hydrogens (tertiary/aromatic N) is 3. The van der Waals surface area contributed by atoms with Crippen LogP contribution in [-0.4, -0.2) is 62.8 Å². The van der Waals surface area contributed by atoms with Crippen molar-refractivity contribution in [1.29, 1.82) is 0 Å². The van der Waals surface area contributed by atoms with E-state index >= 15 is 0 Å². The second-order valence-corrected chi connectivity index (χ2v) is 9.66. The van der Waals surface area contributed by atoms with Crippen LogP contribution in [0.1, 0.15) is 50.7 Å². The highest BCUT2D eigenvalue weighted by Crippen LogP contribution is 2.25. The lowest BCUT2D eigenvalue weighted by atomic mass is 10.0. The first-order chi connectivity index (χ1) is 19.0. The smallest absolute Gasteiger partial charge is 0.305 e. The number of benzene rings is 2. The molecular weight excluding hydrogens is 546 g/mol. The summed E-state index contributed by atoms with van der Waals surface area (Å²) in [7, 11) is 0. The van der Waals surface area contributed by atoms with Crippen LogP contribution in [0.5, 0.6) is 0 Å². The van der Waals surface area contributed by atoms with E-state index in [1.165, 1.54) is 18.3 Å². The molecule has 0 bridgehead atoms. The van der Waals surface area contributed by atoms with Crippen molar-refractivity contribution in [2.24, 2.45) is 0 Å². The van der Waals surface area contributed by atoms with Gasteiger partial charge in [0.1, 0.15) is 16.8 Å². The van der Waals surface area contributed by atoms with Crippen LogP contribution in [0, 0.1) is 18.6 Å². The topological polar surface area (TPSA) is 120 Å². The first-order valence-electron chi connectivity index (χ1n) is 12.3. The van der Waals surface area contributed by atoms with Crippen LogP contribution in [-0.2, 0) is 9.59 Å². The molecule has 2 aromatic carbocycles. The maximum Gasteiger partial charge on any atom is 0.305 e. The fourth-order valence-corrected chi connectivity index (χ4v) is 4.84. The van der Waals surface area contributed by atoms with Crippen LogP contribution in [0.25, 0.3) is 0 Å². The molecule has 2 unspecified atom stereocenters. The Labute approximate surface area is 233 Å². The molecular formula is C28H25ClF2N4O5. The number of rotatable bonds is 7. The van der Waals surface area contributed by atoms with E-state index < -0.39 is 54.0 Å². The summed E-state index contributed by atoms with van der Waals surface area (Å²) in [5.41, 5.74) is 0.955. The fourth-order valence-electron chi connectivity index (χ4n) is 4.64. The summed E-state index contributed by atoms with van der Waals surface area (Å²) >= 11 is 6.14. The Bertz CT molecular complexity index is 1450. The number of hydrogen-bond acceptors (Lipinski definition) is 5. The highest BCUT2D eigenvalue weighted by Gasteiger charge is 2.42. The van der Waals surface area contributed by atoms with Crippen molar-refractivity contribution in [3.8, 4) is 0 Å². The summed E-state index contributed by atoms with van der Waals surface area (Å²) < 4.78 is 27.9. The fraction of sp³-hybridized carbons (Fsp3) is 0.250. The van der Waals surface area contributed by atoms with Gasteiger partial charge in [-0.3, -0.25) is 19.2 Å². The quantitative estimate of drug-likeness (QED) is 0.415. The van der Waals surface area contributed by atoms with E-state index in [0.717, 1.165) is 27.5 Å². The minimum atomic E-state index is -1.59. The Morgan fingerprint density at radius 2 is 1.70 bits per heavy atom. The van der Waals surface area contributed by atoms with Gasteiger partial charge in [0.2, 0.25) is 0 Å². The van der Waals surface area contributed by atoms with Gasteiger partial charge in [0, 0.05) is 30.9 Å². The van der Waals surface area contributed by atoms with Crippen LogP contribution in [0.2, 0.25) is 5.15 Å². The molecule has 2 atom stereocenters. The van der Waals surface area contributed by atoms with Gasteiger partial charge < -0.3 is 20.2 Å². The van der Waals surface area contributed by atoms with Gasteiger partial charge in [-0.25, -0.2) is 13.8 Å². The Morgan fingerprint density at radius 3 is 2.33 bits per heavy atom. The molecule has 1 aliphatic heterocycles. The van der Waals surface area contributed by atoms with Gasteiger partial charge >= 0.3 is 5.97 Å². The number of carboxylic acids is 1. The highest BCUT2D eigenvalue weighted by atomic mass is 35.5. The maximum absolute atomic E-state index is 14.0. The Balaban J connectivity index is 1.75.